The second kappa shape index (κ2) is 8.06. The monoisotopic (exact) mass is 321 g/mol. The first-order valence-corrected chi connectivity index (χ1v) is 7.65. The first-order valence-electron chi connectivity index (χ1n) is 6.90. The van der Waals surface area contributed by atoms with Gasteiger partial charge in [-0.05, 0) is 42.2 Å². The maximum Gasteiger partial charge on any atom is 0.224 e. The Labute approximate surface area is 135 Å². The van der Waals surface area contributed by atoms with Gasteiger partial charge in [0.1, 0.15) is 0 Å². The fourth-order valence-electron chi connectivity index (χ4n) is 2.06. The van der Waals surface area contributed by atoms with E-state index in [2.05, 4.69) is 5.32 Å². The molecule has 0 aliphatic heterocycles. The highest BCUT2D eigenvalue weighted by Gasteiger charge is 2.03. The summed E-state index contributed by atoms with van der Waals surface area (Å²) in [6.45, 7) is 0.650. The molecule has 0 radical (unpaired) electrons. The summed E-state index contributed by atoms with van der Waals surface area (Å²) in [5, 5.41) is 4.38. The topological polar surface area (TPSA) is 29.1 Å². The lowest BCUT2D eigenvalue weighted by Gasteiger charge is -2.06. The van der Waals surface area contributed by atoms with Gasteiger partial charge in [0.2, 0.25) is 5.91 Å². The Morgan fingerprint density at radius 1 is 1.00 bits per heavy atom. The predicted octanol–water partition coefficient (Wildman–Crippen LogP) is 4.28. The zero-order valence-electron chi connectivity index (χ0n) is 11.6. The van der Waals surface area contributed by atoms with E-state index < -0.39 is 0 Å². The van der Waals surface area contributed by atoms with Crippen LogP contribution in [0.4, 0.5) is 0 Å². The minimum Gasteiger partial charge on any atom is -0.356 e. The van der Waals surface area contributed by atoms with Gasteiger partial charge >= 0.3 is 0 Å². The van der Waals surface area contributed by atoms with Crippen LogP contribution in [-0.2, 0) is 17.6 Å². The van der Waals surface area contributed by atoms with E-state index in [1.54, 1.807) is 12.1 Å². The number of aryl methyl sites for hydroxylation is 1. The standard InChI is InChI=1S/C17H17Cl2NO/c18-15-9-7-13(8-10-15)12-17(21)20-11-3-5-14-4-1-2-6-16(14)19/h1-2,4,6-10H,3,5,11-12H2,(H,20,21). The normalized spacial score (nSPS) is 10.4. The summed E-state index contributed by atoms with van der Waals surface area (Å²) < 4.78 is 0. The number of hydrogen-bond donors (Lipinski definition) is 1. The molecule has 21 heavy (non-hydrogen) atoms. The molecule has 110 valence electrons. The van der Waals surface area contributed by atoms with E-state index >= 15 is 0 Å². The van der Waals surface area contributed by atoms with Gasteiger partial charge < -0.3 is 5.32 Å². The Balaban J connectivity index is 1.70. The molecule has 2 nitrogen and oxygen atoms in total. The van der Waals surface area contributed by atoms with Crippen molar-refractivity contribution in [1.82, 2.24) is 5.32 Å². The summed E-state index contributed by atoms with van der Waals surface area (Å²) in [5.41, 5.74) is 2.08. The second-order valence-electron chi connectivity index (χ2n) is 4.85. The van der Waals surface area contributed by atoms with Crippen LogP contribution < -0.4 is 5.32 Å². The highest BCUT2D eigenvalue weighted by molar-refractivity contribution is 6.31. The Morgan fingerprint density at radius 3 is 2.43 bits per heavy atom. The van der Waals surface area contributed by atoms with Crippen molar-refractivity contribution in [3.63, 3.8) is 0 Å². The van der Waals surface area contributed by atoms with E-state index in [1.165, 1.54) is 0 Å². The third-order valence-electron chi connectivity index (χ3n) is 3.18. The van der Waals surface area contributed by atoms with E-state index in [0.29, 0.717) is 18.0 Å². The lowest BCUT2D eigenvalue weighted by atomic mass is 10.1. The van der Waals surface area contributed by atoms with Gasteiger partial charge in [-0.1, -0.05) is 53.5 Å². The summed E-state index contributed by atoms with van der Waals surface area (Å²) in [7, 11) is 0. The van der Waals surface area contributed by atoms with E-state index in [1.807, 2.05) is 36.4 Å². The minimum absolute atomic E-state index is 0.0245. The van der Waals surface area contributed by atoms with Gasteiger partial charge in [0.15, 0.2) is 0 Å². The van der Waals surface area contributed by atoms with Crippen LogP contribution in [0.25, 0.3) is 0 Å². The maximum atomic E-state index is 11.8. The molecule has 0 fully saturated rings. The zero-order valence-corrected chi connectivity index (χ0v) is 13.1. The van der Waals surface area contributed by atoms with Crippen LogP contribution in [0.15, 0.2) is 48.5 Å². The average Bonchev–Trinajstić information content (AvgIpc) is 2.48. The second-order valence-corrected chi connectivity index (χ2v) is 5.69. The molecule has 0 spiro atoms. The molecule has 4 heteroatoms. The summed E-state index contributed by atoms with van der Waals surface area (Å²) >= 11 is 11.9. The first kappa shape index (κ1) is 15.9. The number of carbonyl (C=O) groups excluding carboxylic acids is 1. The quantitative estimate of drug-likeness (QED) is 0.790. The highest BCUT2D eigenvalue weighted by atomic mass is 35.5. The van der Waals surface area contributed by atoms with Gasteiger partial charge in [-0.25, -0.2) is 0 Å². The largest absolute Gasteiger partial charge is 0.356 e. The molecule has 0 atom stereocenters. The van der Waals surface area contributed by atoms with Crippen LogP contribution >= 0.6 is 23.2 Å². The maximum absolute atomic E-state index is 11.8. The number of benzene rings is 2. The molecule has 0 unspecified atom stereocenters. The van der Waals surface area contributed by atoms with Crippen LogP contribution in [0.5, 0.6) is 0 Å². The van der Waals surface area contributed by atoms with Gasteiger partial charge in [-0.2, -0.15) is 0 Å². The van der Waals surface area contributed by atoms with Crippen molar-refractivity contribution in [3.8, 4) is 0 Å². The SMILES string of the molecule is O=C(Cc1ccc(Cl)cc1)NCCCc1ccccc1Cl. The molecule has 2 aromatic carbocycles. The van der Waals surface area contributed by atoms with E-state index in [4.69, 9.17) is 23.2 Å². The first-order chi connectivity index (χ1) is 10.1. The summed E-state index contributed by atoms with van der Waals surface area (Å²) in [6.07, 6.45) is 2.11. The molecule has 1 N–H and O–H groups in total. The molecule has 0 aromatic heterocycles. The number of rotatable bonds is 6. The van der Waals surface area contributed by atoms with Crippen molar-refractivity contribution in [2.45, 2.75) is 19.3 Å². The molecular formula is C17H17Cl2NO. The number of halogens is 2. The van der Waals surface area contributed by atoms with Crippen LogP contribution in [0, 0.1) is 0 Å². The van der Waals surface area contributed by atoms with Crippen LogP contribution in [0.3, 0.4) is 0 Å². The van der Waals surface area contributed by atoms with Gasteiger partial charge in [0.05, 0.1) is 6.42 Å². The Morgan fingerprint density at radius 2 is 1.71 bits per heavy atom. The Bertz CT molecular complexity index is 596. The number of nitrogens with one attached hydrogen (secondary N) is 1. The van der Waals surface area contributed by atoms with Gasteiger partial charge in [-0.15, -0.1) is 0 Å². The number of carbonyl (C=O) groups is 1. The van der Waals surface area contributed by atoms with E-state index in [9.17, 15) is 4.79 Å². The average molecular weight is 322 g/mol. The summed E-state index contributed by atoms with van der Waals surface area (Å²) in [5.74, 6) is 0.0245. The fraction of sp³-hybridized carbons (Fsp3) is 0.235. The van der Waals surface area contributed by atoms with Crippen molar-refractivity contribution >= 4 is 29.1 Å². The van der Waals surface area contributed by atoms with Crippen LogP contribution in [-0.4, -0.2) is 12.5 Å². The van der Waals surface area contributed by atoms with Crippen molar-refractivity contribution in [2.75, 3.05) is 6.54 Å². The summed E-state index contributed by atoms with van der Waals surface area (Å²) in [6, 6.07) is 15.1. The van der Waals surface area contributed by atoms with Crippen molar-refractivity contribution in [1.29, 1.82) is 0 Å². The third kappa shape index (κ3) is 5.41. The molecule has 2 rings (SSSR count). The van der Waals surface area contributed by atoms with E-state index in [0.717, 1.165) is 29.0 Å². The smallest absolute Gasteiger partial charge is 0.224 e. The molecule has 1 amide bonds. The highest BCUT2D eigenvalue weighted by Crippen LogP contribution is 2.16. The van der Waals surface area contributed by atoms with Gasteiger partial charge in [-0.3, -0.25) is 4.79 Å². The van der Waals surface area contributed by atoms with E-state index in [-0.39, 0.29) is 5.91 Å². The molecule has 0 heterocycles. The van der Waals surface area contributed by atoms with Crippen LogP contribution in [0.2, 0.25) is 10.0 Å². The molecule has 0 saturated carbocycles. The molecular weight excluding hydrogens is 305 g/mol. The van der Waals surface area contributed by atoms with Crippen molar-refractivity contribution in [3.05, 3.63) is 69.7 Å². The lowest BCUT2D eigenvalue weighted by molar-refractivity contribution is -0.120. The Kier molecular flexibility index (Phi) is 6.09. The molecule has 0 bridgehead atoms. The van der Waals surface area contributed by atoms with Gasteiger partial charge in [0.25, 0.3) is 0 Å². The molecule has 2 aromatic rings. The lowest BCUT2D eigenvalue weighted by Crippen LogP contribution is -2.26. The fourth-order valence-corrected chi connectivity index (χ4v) is 2.41. The minimum atomic E-state index is 0.0245. The molecule has 0 aliphatic carbocycles. The van der Waals surface area contributed by atoms with Crippen molar-refractivity contribution in [2.24, 2.45) is 0 Å². The predicted molar refractivity (Wildman–Crippen MR) is 87.9 cm³/mol. The molecule has 0 aliphatic rings. The van der Waals surface area contributed by atoms with Gasteiger partial charge in [0, 0.05) is 16.6 Å². The number of amides is 1. The molecule has 0 saturated heterocycles. The third-order valence-corrected chi connectivity index (χ3v) is 3.80. The summed E-state index contributed by atoms with van der Waals surface area (Å²) in [4.78, 5) is 11.8. The Hall–Kier alpha value is -1.51. The van der Waals surface area contributed by atoms with Crippen molar-refractivity contribution < 1.29 is 4.79 Å². The number of hydrogen-bond acceptors (Lipinski definition) is 1. The zero-order chi connectivity index (χ0) is 15.1. The van der Waals surface area contributed by atoms with Crippen LogP contribution in [0.1, 0.15) is 17.5 Å².